The third kappa shape index (κ3) is 2.87. The molecule has 1 fully saturated rings. The van der Waals surface area contributed by atoms with E-state index in [0.717, 1.165) is 19.4 Å². The van der Waals surface area contributed by atoms with Gasteiger partial charge >= 0.3 is 0 Å². The van der Waals surface area contributed by atoms with Gasteiger partial charge in [0, 0.05) is 22.2 Å². The Hall–Kier alpha value is 0.110. The number of rotatable bonds is 2. The van der Waals surface area contributed by atoms with E-state index in [0.29, 0.717) is 5.75 Å². The monoisotopic (exact) mass is 190 g/mol. The molecule has 3 heteroatoms. The lowest BCUT2D eigenvalue weighted by atomic mass is 10.2. The fraction of sp³-hybridized carbons (Fsp3) is 1.00. The lowest BCUT2D eigenvalue weighted by Crippen LogP contribution is -2.29. The molecule has 12 heavy (non-hydrogen) atoms. The zero-order valence-corrected chi connectivity index (χ0v) is 8.95. The molecular weight excluding hydrogens is 172 g/mol. The van der Waals surface area contributed by atoms with E-state index in [1.54, 1.807) is 0 Å². The van der Waals surface area contributed by atoms with Crippen molar-refractivity contribution in [3.05, 3.63) is 0 Å². The van der Waals surface area contributed by atoms with Gasteiger partial charge in [0.15, 0.2) is 0 Å². The molecule has 0 bridgehead atoms. The highest BCUT2D eigenvalue weighted by molar-refractivity contribution is 7.86. The Labute approximate surface area is 77.1 Å². The molecule has 1 aliphatic rings. The summed E-state index contributed by atoms with van der Waals surface area (Å²) in [5, 5.41) is 0. The van der Waals surface area contributed by atoms with E-state index in [-0.39, 0.29) is 10.9 Å². The summed E-state index contributed by atoms with van der Waals surface area (Å²) in [4.78, 5) is 0. The molecule has 1 rings (SSSR count). The third-order valence-corrected chi connectivity index (χ3v) is 4.08. The molecule has 2 nitrogen and oxygen atoms in total. The van der Waals surface area contributed by atoms with Crippen molar-refractivity contribution in [2.24, 2.45) is 0 Å². The Balaban J connectivity index is 2.35. The van der Waals surface area contributed by atoms with Crippen LogP contribution in [-0.2, 0) is 15.5 Å². The molecule has 0 aliphatic carbocycles. The minimum absolute atomic E-state index is 0.0913. The second kappa shape index (κ2) is 3.88. The Kier molecular flexibility index (Phi) is 3.29. The topological polar surface area (TPSA) is 26.3 Å². The highest BCUT2D eigenvalue weighted by atomic mass is 32.2. The van der Waals surface area contributed by atoms with Gasteiger partial charge in [-0.15, -0.1) is 0 Å². The molecule has 0 N–H and O–H groups in total. The van der Waals surface area contributed by atoms with Gasteiger partial charge in [0.1, 0.15) is 0 Å². The molecular formula is C9H18O2S. The summed E-state index contributed by atoms with van der Waals surface area (Å²) in [5.41, 5.74) is 0. The maximum atomic E-state index is 11.7. The fourth-order valence-corrected chi connectivity index (χ4v) is 2.30. The maximum absolute atomic E-state index is 11.7. The second-order valence-corrected chi connectivity index (χ2v) is 6.51. The van der Waals surface area contributed by atoms with Crippen molar-refractivity contribution in [3.63, 3.8) is 0 Å². The van der Waals surface area contributed by atoms with Crippen LogP contribution >= 0.6 is 0 Å². The van der Waals surface area contributed by atoms with Crippen LogP contribution in [0.4, 0.5) is 0 Å². The van der Waals surface area contributed by atoms with Crippen LogP contribution in [0.1, 0.15) is 33.6 Å². The molecule has 0 saturated carbocycles. The number of hydrogen-bond donors (Lipinski definition) is 0. The van der Waals surface area contributed by atoms with Crippen molar-refractivity contribution in [1.29, 1.82) is 0 Å². The molecule has 72 valence electrons. The van der Waals surface area contributed by atoms with Gasteiger partial charge in [0.05, 0.1) is 11.9 Å². The molecule has 0 aromatic carbocycles. The van der Waals surface area contributed by atoms with Crippen molar-refractivity contribution in [3.8, 4) is 0 Å². The van der Waals surface area contributed by atoms with E-state index in [1.807, 2.05) is 20.8 Å². The summed E-state index contributed by atoms with van der Waals surface area (Å²) in [6, 6.07) is 0. The van der Waals surface area contributed by atoms with Gasteiger partial charge in [0.25, 0.3) is 0 Å². The van der Waals surface area contributed by atoms with Crippen LogP contribution in [-0.4, -0.2) is 27.4 Å². The first-order valence-electron chi connectivity index (χ1n) is 4.50. The second-order valence-electron chi connectivity index (χ2n) is 4.26. The lowest BCUT2D eigenvalue weighted by molar-refractivity contribution is 0.128. The first kappa shape index (κ1) is 10.2. The normalized spacial score (nSPS) is 27.4. The van der Waals surface area contributed by atoms with E-state index in [1.165, 1.54) is 0 Å². The van der Waals surface area contributed by atoms with Gasteiger partial charge in [0.2, 0.25) is 0 Å². The largest absolute Gasteiger partial charge is 0.377 e. The fourth-order valence-electron chi connectivity index (χ4n) is 1.19. The summed E-state index contributed by atoms with van der Waals surface area (Å²) in [6.45, 7) is 6.89. The molecule has 2 atom stereocenters. The first-order valence-corrected chi connectivity index (χ1v) is 5.82. The van der Waals surface area contributed by atoms with Crippen LogP contribution in [0.2, 0.25) is 0 Å². The van der Waals surface area contributed by atoms with Crippen LogP contribution in [0.15, 0.2) is 0 Å². The Morgan fingerprint density at radius 2 is 2.17 bits per heavy atom. The lowest BCUT2D eigenvalue weighted by Gasteiger charge is -2.19. The molecule has 0 aromatic rings. The zero-order valence-electron chi connectivity index (χ0n) is 8.13. The third-order valence-electron chi connectivity index (χ3n) is 2.04. The van der Waals surface area contributed by atoms with Crippen LogP contribution in [0.5, 0.6) is 0 Å². The van der Waals surface area contributed by atoms with Crippen molar-refractivity contribution in [2.75, 3.05) is 12.4 Å². The quantitative estimate of drug-likeness (QED) is 0.662. The minimum Gasteiger partial charge on any atom is -0.377 e. The van der Waals surface area contributed by atoms with Gasteiger partial charge in [-0.1, -0.05) is 0 Å². The molecule has 1 unspecified atom stereocenters. The number of hydrogen-bond acceptors (Lipinski definition) is 2. The molecule has 1 aliphatic heterocycles. The van der Waals surface area contributed by atoms with Gasteiger partial charge in [-0.3, -0.25) is 4.21 Å². The Morgan fingerprint density at radius 3 is 2.58 bits per heavy atom. The SMILES string of the molecule is CC(C)(C)S(=O)C[C@H]1CCCO1. The zero-order chi connectivity index (χ0) is 9.19. The van der Waals surface area contributed by atoms with E-state index < -0.39 is 10.8 Å². The molecule has 1 saturated heterocycles. The summed E-state index contributed by atoms with van der Waals surface area (Å²) in [5.74, 6) is 0.712. The number of ether oxygens (including phenoxy) is 1. The van der Waals surface area contributed by atoms with Crippen LogP contribution in [0.25, 0.3) is 0 Å². The van der Waals surface area contributed by atoms with Crippen molar-refractivity contribution >= 4 is 10.8 Å². The predicted molar refractivity (Wildman–Crippen MR) is 51.7 cm³/mol. The molecule has 0 spiro atoms. The van der Waals surface area contributed by atoms with Crippen LogP contribution in [0.3, 0.4) is 0 Å². The van der Waals surface area contributed by atoms with Crippen LogP contribution < -0.4 is 0 Å². The van der Waals surface area contributed by atoms with E-state index in [2.05, 4.69) is 0 Å². The minimum atomic E-state index is -0.752. The highest BCUT2D eigenvalue weighted by Gasteiger charge is 2.25. The summed E-state index contributed by atoms with van der Waals surface area (Å²) in [6.07, 6.45) is 2.47. The van der Waals surface area contributed by atoms with Gasteiger partial charge in [-0.25, -0.2) is 0 Å². The molecule has 0 amide bonds. The summed E-state index contributed by atoms with van der Waals surface area (Å²) in [7, 11) is -0.752. The first-order chi connectivity index (χ1) is 5.50. The van der Waals surface area contributed by atoms with E-state index in [4.69, 9.17) is 4.74 Å². The van der Waals surface area contributed by atoms with Crippen molar-refractivity contribution < 1.29 is 8.95 Å². The van der Waals surface area contributed by atoms with E-state index >= 15 is 0 Å². The predicted octanol–water partition coefficient (Wildman–Crippen LogP) is 1.71. The smallest absolute Gasteiger partial charge is 0.0691 e. The molecule has 1 heterocycles. The van der Waals surface area contributed by atoms with Crippen molar-refractivity contribution in [2.45, 2.75) is 44.5 Å². The average molecular weight is 190 g/mol. The van der Waals surface area contributed by atoms with Crippen molar-refractivity contribution in [1.82, 2.24) is 0 Å². The van der Waals surface area contributed by atoms with Gasteiger partial charge in [-0.2, -0.15) is 0 Å². The Morgan fingerprint density at radius 1 is 1.50 bits per heavy atom. The summed E-state index contributed by atoms with van der Waals surface area (Å²) >= 11 is 0. The van der Waals surface area contributed by atoms with Gasteiger partial charge < -0.3 is 4.74 Å². The van der Waals surface area contributed by atoms with Gasteiger partial charge in [-0.05, 0) is 33.6 Å². The highest BCUT2D eigenvalue weighted by Crippen LogP contribution is 2.18. The molecule has 0 radical (unpaired) electrons. The summed E-state index contributed by atoms with van der Waals surface area (Å²) < 4.78 is 17.0. The van der Waals surface area contributed by atoms with Crippen LogP contribution in [0, 0.1) is 0 Å². The molecule has 0 aromatic heterocycles. The Bertz CT molecular complexity index is 166. The average Bonchev–Trinajstić information content (AvgIpc) is 2.37. The maximum Gasteiger partial charge on any atom is 0.0691 e. The van der Waals surface area contributed by atoms with E-state index in [9.17, 15) is 4.21 Å². The standard InChI is InChI=1S/C9H18O2S/c1-9(2,3)12(10)7-8-5-4-6-11-8/h8H,4-7H2,1-3H3/t8-,12?/m1/s1.